The molecule has 0 aliphatic carbocycles. The predicted molar refractivity (Wildman–Crippen MR) is 70.1 cm³/mol. The number of hydrogen-bond donors (Lipinski definition) is 1. The number of hydrogen-bond acceptors (Lipinski definition) is 7. The molecule has 1 rings (SSSR count). The van der Waals surface area contributed by atoms with Gasteiger partial charge < -0.3 is 5.32 Å². The highest BCUT2D eigenvalue weighted by molar-refractivity contribution is 8.02. The lowest BCUT2D eigenvalue weighted by atomic mass is 10.0. The summed E-state index contributed by atoms with van der Waals surface area (Å²) in [5.41, 5.74) is -0.444. The Morgan fingerprint density at radius 2 is 2.19 bits per heavy atom. The second-order valence-electron chi connectivity index (χ2n) is 3.33. The maximum Gasteiger partial charge on any atom is 0.175 e. The molecule has 7 heteroatoms. The van der Waals surface area contributed by atoms with Gasteiger partial charge in [0.25, 0.3) is 0 Å². The molecule has 1 aromatic heterocycles. The van der Waals surface area contributed by atoms with E-state index in [4.69, 9.17) is 5.26 Å². The Bertz CT molecular complexity index is 373. The zero-order valence-corrected chi connectivity index (χ0v) is 11.9. The fraction of sp³-hybridized carbons (Fsp3) is 0.667. The number of nitrogens with zero attached hydrogens (tertiary/aromatic N) is 3. The number of rotatable bonds is 6. The molecule has 88 valence electrons. The van der Waals surface area contributed by atoms with Crippen molar-refractivity contribution in [3.63, 3.8) is 0 Å². The predicted octanol–water partition coefficient (Wildman–Crippen LogP) is 2.24. The fourth-order valence-electron chi connectivity index (χ4n) is 0.917. The standard InChI is InChI=1S/C9H14N4S3/c1-9(6-10,11-2)4-5-15-8-13-12-7(14-3)16-8/h11H,4-5H2,1-3H3. The normalized spacial score (nSPS) is 14.4. The average Bonchev–Trinajstić information content (AvgIpc) is 2.77. The fourth-order valence-corrected chi connectivity index (χ4v) is 3.59. The highest BCUT2D eigenvalue weighted by Gasteiger charge is 2.20. The molecule has 1 atom stereocenters. The van der Waals surface area contributed by atoms with Gasteiger partial charge in [0.1, 0.15) is 5.54 Å². The van der Waals surface area contributed by atoms with E-state index in [1.165, 1.54) is 0 Å². The molecule has 0 amide bonds. The van der Waals surface area contributed by atoms with Crippen LogP contribution in [0.1, 0.15) is 13.3 Å². The molecule has 0 aromatic carbocycles. The average molecular weight is 274 g/mol. The molecule has 0 bridgehead atoms. The largest absolute Gasteiger partial charge is 0.303 e. The van der Waals surface area contributed by atoms with Crippen molar-refractivity contribution in [3.05, 3.63) is 0 Å². The Morgan fingerprint density at radius 1 is 1.50 bits per heavy atom. The molecular formula is C9H14N4S3. The summed E-state index contributed by atoms with van der Waals surface area (Å²) in [5, 5.41) is 20.1. The van der Waals surface area contributed by atoms with Crippen molar-refractivity contribution in [2.75, 3.05) is 19.1 Å². The third-order valence-electron chi connectivity index (χ3n) is 2.19. The van der Waals surface area contributed by atoms with Gasteiger partial charge in [-0.15, -0.1) is 10.2 Å². The number of aromatic nitrogens is 2. The molecular weight excluding hydrogens is 260 g/mol. The summed E-state index contributed by atoms with van der Waals surface area (Å²) in [5.74, 6) is 0.869. The van der Waals surface area contributed by atoms with Crippen molar-refractivity contribution in [2.45, 2.75) is 27.6 Å². The zero-order chi connectivity index (χ0) is 12.0. The van der Waals surface area contributed by atoms with Crippen LogP contribution in [0.2, 0.25) is 0 Å². The second kappa shape index (κ2) is 6.45. The van der Waals surface area contributed by atoms with Crippen LogP contribution in [0.25, 0.3) is 0 Å². The van der Waals surface area contributed by atoms with Crippen molar-refractivity contribution in [1.29, 1.82) is 5.26 Å². The Hall–Kier alpha value is -0.290. The van der Waals surface area contributed by atoms with E-state index >= 15 is 0 Å². The van der Waals surface area contributed by atoms with Gasteiger partial charge in [-0.3, -0.25) is 0 Å². The molecule has 0 fully saturated rings. The summed E-state index contributed by atoms with van der Waals surface area (Å²) in [6.07, 6.45) is 2.78. The smallest absolute Gasteiger partial charge is 0.175 e. The molecule has 0 aliphatic heterocycles. The number of nitrogens with one attached hydrogen (secondary N) is 1. The van der Waals surface area contributed by atoms with Gasteiger partial charge in [-0.05, 0) is 26.6 Å². The van der Waals surface area contributed by atoms with Gasteiger partial charge >= 0.3 is 0 Å². The highest BCUT2D eigenvalue weighted by Crippen LogP contribution is 2.28. The molecule has 1 aromatic rings. The van der Waals surface area contributed by atoms with Crippen LogP contribution in [0.5, 0.6) is 0 Å². The van der Waals surface area contributed by atoms with Crippen LogP contribution in [0.3, 0.4) is 0 Å². The molecule has 0 spiro atoms. The van der Waals surface area contributed by atoms with Crippen LogP contribution < -0.4 is 5.32 Å². The van der Waals surface area contributed by atoms with Gasteiger partial charge in [0.2, 0.25) is 0 Å². The van der Waals surface area contributed by atoms with Crippen molar-refractivity contribution in [3.8, 4) is 6.07 Å². The SMILES string of the molecule is CNC(C)(C#N)CCSc1nnc(SC)s1. The van der Waals surface area contributed by atoms with Crippen LogP contribution in [-0.2, 0) is 0 Å². The van der Waals surface area contributed by atoms with Gasteiger partial charge in [0.05, 0.1) is 6.07 Å². The van der Waals surface area contributed by atoms with E-state index in [0.29, 0.717) is 0 Å². The summed E-state index contributed by atoms with van der Waals surface area (Å²) in [7, 11) is 1.81. The topological polar surface area (TPSA) is 61.6 Å². The first-order chi connectivity index (χ1) is 7.63. The van der Waals surface area contributed by atoms with Crippen LogP contribution in [-0.4, -0.2) is 34.8 Å². The molecule has 0 aliphatic rings. The van der Waals surface area contributed by atoms with Crippen LogP contribution in [0, 0.1) is 11.3 Å². The second-order valence-corrected chi connectivity index (χ2v) is 6.70. The van der Waals surface area contributed by atoms with Crippen molar-refractivity contribution < 1.29 is 0 Å². The molecule has 0 saturated carbocycles. The zero-order valence-electron chi connectivity index (χ0n) is 9.48. The van der Waals surface area contributed by atoms with E-state index in [2.05, 4.69) is 21.6 Å². The van der Waals surface area contributed by atoms with Crippen LogP contribution in [0.15, 0.2) is 8.68 Å². The summed E-state index contributed by atoms with van der Waals surface area (Å²) in [4.78, 5) is 0. The third-order valence-corrected chi connectivity index (χ3v) is 5.22. The van der Waals surface area contributed by atoms with E-state index in [1.54, 1.807) is 34.9 Å². The van der Waals surface area contributed by atoms with Crippen LogP contribution >= 0.6 is 34.9 Å². The summed E-state index contributed by atoms with van der Waals surface area (Å²) < 4.78 is 1.96. The molecule has 1 unspecified atom stereocenters. The van der Waals surface area contributed by atoms with Crippen molar-refractivity contribution in [1.82, 2.24) is 15.5 Å². The lowest BCUT2D eigenvalue weighted by molar-refractivity contribution is 0.479. The number of nitriles is 1. The molecule has 0 radical (unpaired) electrons. The Labute approximate surface area is 108 Å². The van der Waals surface area contributed by atoms with Gasteiger partial charge in [-0.1, -0.05) is 34.9 Å². The third kappa shape index (κ3) is 3.94. The van der Waals surface area contributed by atoms with Crippen molar-refractivity contribution >= 4 is 34.9 Å². The number of thioether (sulfide) groups is 2. The molecule has 4 nitrogen and oxygen atoms in total. The quantitative estimate of drug-likeness (QED) is 0.803. The Balaban J connectivity index is 2.38. The Morgan fingerprint density at radius 3 is 2.69 bits per heavy atom. The van der Waals surface area contributed by atoms with E-state index in [9.17, 15) is 0 Å². The maximum atomic E-state index is 8.97. The summed E-state index contributed by atoms with van der Waals surface area (Å²) in [6, 6.07) is 2.27. The molecule has 16 heavy (non-hydrogen) atoms. The highest BCUT2D eigenvalue weighted by atomic mass is 32.2. The van der Waals surface area contributed by atoms with E-state index < -0.39 is 5.54 Å². The maximum absolute atomic E-state index is 8.97. The monoisotopic (exact) mass is 274 g/mol. The first kappa shape index (κ1) is 13.8. The first-order valence-corrected chi connectivity index (χ1v) is 7.76. The van der Waals surface area contributed by atoms with Gasteiger partial charge in [-0.25, -0.2) is 0 Å². The Kier molecular flexibility index (Phi) is 5.55. The minimum Gasteiger partial charge on any atom is -0.303 e. The van der Waals surface area contributed by atoms with Gasteiger partial charge in [-0.2, -0.15) is 5.26 Å². The van der Waals surface area contributed by atoms with Crippen LogP contribution in [0.4, 0.5) is 0 Å². The van der Waals surface area contributed by atoms with Gasteiger partial charge in [0, 0.05) is 5.75 Å². The van der Waals surface area contributed by atoms with E-state index in [0.717, 1.165) is 20.9 Å². The minimum absolute atomic E-state index is 0.444. The van der Waals surface area contributed by atoms with Gasteiger partial charge in [0.15, 0.2) is 8.68 Å². The first-order valence-electron chi connectivity index (χ1n) is 4.74. The molecule has 1 N–H and O–H groups in total. The van der Waals surface area contributed by atoms with E-state index in [-0.39, 0.29) is 0 Å². The van der Waals surface area contributed by atoms with Crippen molar-refractivity contribution in [2.24, 2.45) is 0 Å². The molecule has 0 saturated heterocycles. The summed E-state index contributed by atoms with van der Waals surface area (Å²) >= 11 is 4.86. The lowest BCUT2D eigenvalue weighted by Gasteiger charge is -2.19. The molecule has 1 heterocycles. The van der Waals surface area contributed by atoms with E-state index in [1.807, 2.05) is 20.2 Å². The summed E-state index contributed by atoms with van der Waals surface area (Å²) in [6.45, 7) is 1.90. The lowest BCUT2D eigenvalue weighted by Crippen LogP contribution is -2.38. The minimum atomic E-state index is -0.444.